The van der Waals surface area contributed by atoms with Gasteiger partial charge in [-0.2, -0.15) is 0 Å². The average Bonchev–Trinajstić information content (AvgIpc) is 3.20. The van der Waals surface area contributed by atoms with E-state index in [1.165, 1.54) is 47.3 Å². The number of aliphatic hydroxyl groups is 2. The Morgan fingerprint density at radius 1 is 0.678 bits per heavy atom. The molecule has 0 unspecified atom stereocenters. The number of aromatic nitrogens is 4. The van der Waals surface area contributed by atoms with Crippen molar-refractivity contribution < 1.29 is 28.8 Å². The molecule has 0 bridgehead atoms. The monoisotopic (exact) mass is 840 g/mol. The summed E-state index contributed by atoms with van der Waals surface area (Å²) in [7, 11) is 1.53. The molecule has 14 heteroatoms. The lowest BCUT2D eigenvalue weighted by Gasteiger charge is -2.19. The molecule has 6 rings (SSSR count). The molecule has 0 aliphatic carbocycles. The van der Waals surface area contributed by atoms with E-state index >= 15 is 0 Å². The van der Waals surface area contributed by atoms with Gasteiger partial charge in [0.15, 0.2) is 21.6 Å². The Balaban J connectivity index is 0.000000224. The van der Waals surface area contributed by atoms with Gasteiger partial charge < -0.3 is 24.4 Å². The van der Waals surface area contributed by atoms with Gasteiger partial charge in [0.2, 0.25) is 0 Å². The summed E-state index contributed by atoms with van der Waals surface area (Å²) in [4.78, 5) is 34.2. The van der Waals surface area contributed by atoms with E-state index in [0.29, 0.717) is 50.9 Å². The molecule has 11 nitrogen and oxygen atoms in total. The SMILES string of the molecule is COc1cc(-n2ccnc(SCc3ccccc3)c2=O)ccc1OCC(C)(C)O.Cc1cc(-n2ccnc(SCCc3ccc(F)cc3)c2=O)ccc1OCC(C)(C)O. The van der Waals surface area contributed by atoms with Gasteiger partial charge in [-0.25, -0.2) is 14.4 Å². The minimum Gasteiger partial charge on any atom is -0.493 e. The van der Waals surface area contributed by atoms with E-state index in [0.717, 1.165) is 22.4 Å². The fourth-order valence-corrected chi connectivity index (χ4v) is 7.16. The smallest absolute Gasteiger partial charge is 0.287 e. The van der Waals surface area contributed by atoms with E-state index in [1.54, 1.807) is 99.5 Å². The molecule has 4 aromatic carbocycles. The summed E-state index contributed by atoms with van der Waals surface area (Å²) in [6, 6.07) is 27.0. The van der Waals surface area contributed by atoms with Gasteiger partial charge in [-0.1, -0.05) is 54.2 Å². The highest BCUT2D eigenvalue weighted by Crippen LogP contribution is 2.30. The summed E-state index contributed by atoms with van der Waals surface area (Å²) in [6.45, 7) is 8.90. The van der Waals surface area contributed by atoms with Gasteiger partial charge in [-0.3, -0.25) is 18.7 Å². The van der Waals surface area contributed by atoms with Crippen molar-refractivity contribution in [2.24, 2.45) is 0 Å². The molecule has 2 heterocycles. The predicted octanol–water partition coefficient (Wildman–Crippen LogP) is 7.85. The topological polar surface area (TPSA) is 138 Å². The number of methoxy groups -OCH3 is 1. The Bertz CT molecular complexity index is 2410. The summed E-state index contributed by atoms with van der Waals surface area (Å²) in [6.07, 6.45) is 7.20. The summed E-state index contributed by atoms with van der Waals surface area (Å²) in [5.74, 6) is 2.72. The van der Waals surface area contributed by atoms with Crippen LogP contribution in [0.5, 0.6) is 17.2 Å². The van der Waals surface area contributed by atoms with Crippen LogP contribution in [-0.4, -0.2) is 66.6 Å². The third-order valence-electron chi connectivity index (χ3n) is 8.40. The van der Waals surface area contributed by atoms with Gasteiger partial charge in [0.05, 0.1) is 24.0 Å². The highest BCUT2D eigenvalue weighted by atomic mass is 32.2. The molecule has 0 radical (unpaired) electrons. The number of nitrogens with zero attached hydrogens (tertiary/aromatic N) is 4. The number of aryl methyl sites for hydroxylation is 2. The maximum Gasteiger partial charge on any atom is 0.287 e. The van der Waals surface area contributed by atoms with E-state index in [4.69, 9.17) is 14.2 Å². The van der Waals surface area contributed by atoms with Crippen LogP contribution < -0.4 is 25.3 Å². The largest absolute Gasteiger partial charge is 0.493 e. The quantitative estimate of drug-likeness (QED) is 0.0923. The molecule has 310 valence electrons. The number of thioether (sulfide) groups is 2. The molecule has 0 aliphatic rings. The first kappa shape index (κ1) is 44.7. The van der Waals surface area contributed by atoms with Crippen molar-refractivity contribution in [2.75, 3.05) is 26.1 Å². The van der Waals surface area contributed by atoms with E-state index < -0.39 is 11.2 Å². The van der Waals surface area contributed by atoms with Crippen molar-refractivity contribution in [3.63, 3.8) is 0 Å². The van der Waals surface area contributed by atoms with Gasteiger partial charge in [-0.05, 0) is 100 Å². The zero-order valence-corrected chi connectivity index (χ0v) is 35.6. The lowest BCUT2D eigenvalue weighted by molar-refractivity contribution is 0.0275. The zero-order chi connectivity index (χ0) is 42.6. The first-order valence-electron chi connectivity index (χ1n) is 18.8. The van der Waals surface area contributed by atoms with E-state index in [9.17, 15) is 24.2 Å². The molecule has 59 heavy (non-hydrogen) atoms. The fraction of sp³-hybridized carbons (Fsp3) is 0.289. The third kappa shape index (κ3) is 13.6. The van der Waals surface area contributed by atoms with Crippen molar-refractivity contribution in [3.05, 3.63) is 159 Å². The van der Waals surface area contributed by atoms with Crippen molar-refractivity contribution in [3.8, 4) is 28.6 Å². The van der Waals surface area contributed by atoms with E-state index in [2.05, 4.69) is 9.97 Å². The van der Waals surface area contributed by atoms with Crippen LogP contribution in [0.2, 0.25) is 0 Å². The van der Waals surface area contributed by atoms with Gasteiger partial charge in [0.1, 0.15) is 24.8 Å². The van der Waals surface area contributed by atoms with Crippen molar-refractivity contribution in [2.45, 2.75) is 68.0 Å². The molecule has 6 aromatic rings. The summed E-state index contributed by atoms with van der Waals surface area (Å²) in [5.41, 5.74) is 2.10. The summed E-state index contributed by atoms with van der Waals surface area (Å²) >= 11 is 2.79. The second-order valence-corrected chi connectivity index (χ2v) is 16.8. The van der Waals surface area contributed by atoms with Crippen LogP contribution in [0, 0.1) is 12.7 Å². The second-order valence-electron chi connectivity index (χ2n) is 14.8. The van der Waals surface area contributed by atoms with Gasteiger partial charge >= 0.3 is 0 Å². The molecule has 0 spiro atoms. The standard InChI is InChI=1S/C23H25FN2O3S.C22H24N2O4S/c1-16-14-19(8-9-20(16)29-15-23(2,3)28)26-12-11-25-21(22(26)27)30-13-10-17-4-6-18(24)7-5-17;1-22(2,26)15-28-18-10-9-17(13-19(18)27-3)24-12-11-23-20(21(24)25)29-14-16-7-5-4-6-8-16/h4-9,11-12,14,28H,10,13,15H2,1-3H3;4-13,26H,14-15H2,1-3H3. The normalized spacial score (nSPS) is 11.4. The zero-order valence-electron chi connectivity index (χ0n) is 33.9. The summed E-state index contributed by atoms with van der Waals surface area (Å²) < 4.78 is 32.8. The molecular weight excluding hydrogens is 792 g/mol. The van der Waals surface area contributed by atoms with E-state index in [1.807, 2.05) is 43.3 Å². The number of benzene rings is 4. The van der Waals surface area contributed by atoms with Crippen LogP contribution in [0.3, 0.4) is 0 Å². The molecule has 0 saturated heterocycles. The van der Waals surface area contributed by atoms with Crippen molar-refractivity contribution in [1.82, 2.24) is 19.1 Å². The molecular formula is C45H49FN4O7S2. The molecule has 2 N–H and O–H groups in total. The number of ether oxygens (including phenoxy) is 3. The number of halogens is 1. The molecule has 2 aromatic heterocycles. The van der Waals surface area contributed by atoms with Crippen LogP contribution in [0.15, 0.2) is 135 Å². The van der Waals surface area contributed by atoms with Crippen LogP contribution in [0.4, 0.5) is 4.39 Å². The minimum absolute atomic E-state index is 0.123. The lowest BCUT2D eigenvalue weighted by Crippen LogP contribution is -2.28. The molecule has 0 amide bonds. The van der Waals surface area contributed by atoms with Crippen molar-refractivity contribution in [1.29, 1.82) is 0 Å². The maximum atomic E-state index is 13.0. The highest BCUT2D eigenvalue weighted by Gasteiger charge is 2.17. The first-order chi connectivity index (χ1) is 28.1. The van der Waals surface area contributed by atoms with Gasteiger partial charge in [0.25, 0.3) is 11.1 Å². The lowest BCUT2D eigenvalue weighted by atomic mass is 10.1. The molecule has 0 atom stereocenters. The first-order valence-corrected chi connectivity index (χ1v) is 20.8. The summed E-state index contributed by atoms with van der Waals surface area (Å²) in [5, 5.41) is 20.5. The third-order valence-corrected chi connectivity index (χ3v) is 10.4. The number of hydrogen-bond donors (Lipinski definition) is 2. The Morgan fingerprint density at radius 2 is 1.22 bits per heavy atom. The van der Waals surface area contributed by atoms with Gasteiger partial charge in [0, 0.05) is 48.0 Å². The van der Waals surface area contributed by atoms with Crippen LogP contribution in [0.25, 0.3) is 11.4 Å². The van der Waals surface area contributed by atoms with Crippen molar-refractivity contribution >= 4 is 23.5 Å². The minimum atomic E-state index is -0.962. The number of hydrogen-bond acceptors (Lipinski definition) is 11. The molecule has 0 saturated carbocycles. The maximum absolute atomic E-state index is 13.0. The Hall–Kier alpha value is -5.41. The van der Waals surface area contributed by atoms with Crippen LogP contribution in [-0.2, 0) is 12.2 Å². The Morgan fingerprint density at radius 3 is 1.78 bits per heavy atom. The molecule has 0 fully saturated rings. The van der Waals surface area contributed by atoms with E-state index in [-0.39, 0.29) is 30.1 Å². The second kappa shape index (κ2) is 20.5. The predicted molar refractivity (Wildman–Crippen MR) is 231 cm³/mol. The van der Waals surface area contributed by atoms with Crippen LogP contribution in [0.1, 0.15) is 44.4 Å². The fourth-order valence-electron chi connectivity index (χ4n) is 5.41. The average molecular weight is 841 g/mol. The molecule has 0 aliphatic heterocycles. The van der Waals surface area contributed by atoms with Crippen LogP contribution >= 0.6 is 23.5 Å². The number of rotatable bonds is 16. The Labute approximate surface area is 351 Å². The highest BCUT2D eigenvalue weighted by molar-refractivity contribution is 7.99. The van der Waals surface area contributed by atoms with Gasteiger partial charge in [-0.15, -0.1) is 11.8 Å². The Kier molecular flexibility index (Phi) is 15.5.